The van der Waals surface area contributed by atoms with Crippen LogP contribution in [0.5, 0.6) is 0 Å². The van der Waals surface area contributed by atoms with E-state index in [1.807, 2.05) is 0 Å². The van der Waals surface area contributed by atoms with E-state index in [0.29, 0.717) is 5.41 Å². The van der Waals surface area contributed by atoms with Crippen molar-refractivity contribution < 1.29 is 6.22 Å². The van der Waals surface area contributed by atoms with Gasteiger partial charge in [-0.2, -0.15) is 0 Å². The number of likely N-dealkylation sites (tertiary alicyclic amines) is 1. The summed E-state index contributed by atoms with van der Waals surface area (Å²) in [6.07, 6.45) is 12.0. The van der Waals surface area contributed by atoms with Crippen molar-refractivity contribution in [3.05, 3.63) is 35.4 Å². The summed E-state index contributed by atoms with van der Waals surface area (Å²) in [7, 11) is 0. The second-order valence-corrected chi connectivity index (χ2v) is 8.49. The van der Waals surface area contributed by atoms with Gasteiger partial charge in [0.15, 0.2) is 0 Å². The maximum atomic E-state index is 11.6. The van der Waals surface area contributed by atoms with Crippen molar-refractivity contribution in [2.75, 3.05) is 13.1 Å². The van der Waals surface area contributed by atoms with E-state index in [1.54, 1.807) is 6.92 Å². The number of nitrogens with one attached hydrogen (secondary N) is 1. The van der Waals surface area contributed by atoms with Crippen molar-refractivity contribution in [2.24, 2.45) is 0 Å². The molecule has 3 heteroatoms. The van der Waals surface area contributed by atoms with Crippen LogP contribution in [0.2, 0.25) is 0 Å². The zero-order valence-corrected chi connectivity index (χ0v) is 15.6. The van der Waals surface area contributed by atoms with Crippen LogP contribution in [-0.2, 0) is 10.2 Å². The van der Waals surface area contributed by atoms with Crippen LogP contribution >= 0.6 is 0 Å². The van der Waals surface area contributed by atoms with Crippen LogP contribution in [0.15, 0.2) is 24.3 Å². The maximum absolute atomic E-state index is 11.6. The van der Waals surface area contributed by atoms with Crippen LogP contribution < -0.4 is 5.32 Å². The Balaban J connectivity index is 0.00000196. The van der Waals surface area contributed by atoms with Crippen LogP contribution in [0.3, 0.4) is 0 Å². The number of carbonyl (C=O) groups excluding carboxylic acids is 1. The Kier molecular flexibility index (Phi) is 4.86. The van der Waals surface area contributed by atoms with Gasteiger partial charge in [0.05, 0.1) is 6.04 Å². The van der Waals surface area contributed by atoms with Crippen LogP contribution in [0, 0.1) is 0 Å². The average molecular weight is 343 g/mol. The lowest BCUT2D eigenvalue weighted by molar-refractivity contribution is -0.119. The smallest absolute Gasteiger partial charge is 0.217 e. The number of benzene rings is 1. The highest BCUT2D eigenvalue weighted by Gasteiger charge is 2.42. The van der Waals surface area contributed by atoms with Gasteiger partial charge in [0.2, 0.25) is 5.91 Å². The molecular formula is C22H34N2O. The van der Waals surface area contributed by atoms with Gasteiger partial charge in [-0.1, -0.05) is 43.5 Å². The maximum Gasteiger partial charge on any atom is 0.217 e. The molecule has 0 aromatic heterocycles. The summed E-state index contributed by atoms with van der Waals surface area (Å²) in [5.41, 5.74) is 3.23. The molecule has 4 rings (SSSR count). The van der Waals surface area contributed by atoms with Crippen molar-refractivity contribution in [1.29, 1.82) is 0 Å². The Morgan fingerprint density at radius 1 is 1.08 bits per heavy atom. The second-order valence-electron chi connectivity index (χ2n) is 8.49. The number of nitrogens with zero attached hydrogens (tertiary/aromatic N) is 1. The molecule has 0 unspecified atom stereocenters. The van der Waals surface area contributed by atoms with E-state index in [4.69, 9.17) is 0 Å². The molecule has 3 nitrogen and oxygen atoms in total. The summed E-state index contributed by atoms with van der Waals surface area (Å²) in [5.74, 6) is 0.0860. The molecule has 2 fully saturated rings. The number of hydrogen-bond acceptors (Lipinski definition) is 2. The Morgan fingerprint density at radius 3 is 2.52 bits per heavy atom. The first-order chi connectivity index (χ1) is 12.2. The first kappa shape index (κ1) is 17.1. The summed E-state index contributed by atoms with van der Waals surface area (Å²) >= 11 is 0. The van der Waals surface area contributed by atoms with E-state index < -0.39 is 0 Å². The molecule has 0 bridgehead atoms. The highest BCUT2D eigenvalue weighted by Crippen LogP contribution is 2.48. The predicted octanol–water partition coefficient (Wildman–Crippen LogP) is 4.57. The molecule has 138 valence electrons. The summed E-state index contributed by atoms with van der Waals surface area (Å²) < 4.78 is 0. The lowest BCUT2D eigenvalue weighted by atomic mass is 9.63. The topological polar surface area (TPSA) is 32.3 Å². The molecule has 1 amide bonds. The van der Waals surface area contributed by atoms with Crippen molar-refractivity contribution in [1.82, 2.24) is 10.2 Å². The molecule has 3 aliphatic rings. The Bertz CT molecular complexity index is 618. The molecule has 1 spiro atoms. The average Bonchev–Trinajstić information content (AvgIpc) is 2.66. The predicted molar refractivity (Wildman–Crippen MR) is 104 cm³/mol. The van der Waals surface area contributed by atoms with Gasteiger partial charge < -0.3 is 10.2 Å². The highest BCUT2D eigenvalue weighted by atomic mass is 16.1. The lowest BCUT2D eigenvalue weighted by Gasteiger charge is -2.49. The summed E-state index contributed by atoms with van der Waals surface area (Å²) in [6, 6.07) is 9.94. The third-order valence-electron chi connectivity index (χ3n) is 7.04. The van der Waals surface area contributed by atoms with Gasteiger partial charge in [0.25, 0.3) is 0 Å². The Hall–Kier alpha value is -1.35. The SMILES string of the molecule is CC(=O)N[C@H]1CCC2(CCN(C3CCCCC3)CC2)c2ccccc21.[HH]. The van der Waals surface area contributed by atoms with E-state index in [1.165, 1.54) is 75.6 Å². The number of amides is 1. The molecule has 1 aliphatic heterocycles. The minimum absolute atomic E-state index is 0. The fourth-order valence-corrected chi connectivity index (χ4v) is 5.67. The Morgan fingerprint density at radius 2 is 1.80 bits per heavy atom. The number of hydrogen-bond donors (Lipinski definition) is 1. The largest absolute Gasteiger partial charge is 0.350 e. The van der Waals surface area contributed by atoms with Gasteiger partial charge in [-0.15, -0.1) is 0 Å². The molecular weight excluding hydrogens is 308 g/mol. The number of piperidine rings is 1. The Labute approximate surface area is 153 Å². The van der Waals surface area contributed by atoms with Gasteiger partial charge in [-0.25, -0.2) is 0 Å². The third-order valence-corrected chi connectivity index (χ3v) is 7.04. The minimum Gasteiger partial charge on any atom is -0.350 e. The minimum atomic E-state index is 0. The highest BCUT2D eigenvalue weighted by molar-refractivity contribution is 5.73. The molecule has 2 aliphatic carbocycles. The molecule has 1 aromatic carbocycles. The molecule has 1 atom stereocenters. The fourth-order valence-electron chi connectivity index (χ4n) is 5.67. The van der Waals surface area contributed by atoms with E-state index in [9.17, 15) is 4.79 Å². The molecule has 1 aromatic rings. The van der Waals surface area contributed by atoms with Crippen LogP contribution in [-0.4, -0.2) is 29.9 Å². The van der Waals surface area contributed by atoms with Gasteiger partial charge in [-0.05, 0) is 68.2 Å². The normalized spacial score (nSPS) is 27.0. The number of carbonyl (C=O) groups is 1. The van der Waals surface area contributed by atoms with Gasteiger partial charge in [-0.3, -0.25) is 4.79 Å². The zero-order valence-electron chi connectivity index (χ0n) is 15.6. The molecule has 25 heavy (non-hydrogen) atoms. The lowest BCUT2D eigenvalue weighted by Crippen LogP contribution is -2.49. The molecule has 1 N–H and O–H groups in total. The first-order valence-electron chi connectivity index (χ1n) is 10.3. The van der Waals surface area contributed by atoms with E-state index in [0.717, 1.165) is 12.5 Å². The third kappa shape index (κ3) is 3.36. The van der Waals surface area contributed by atoms with Crippen molar-refractivity contribution in [2.45, 2.75) is 82.2 Å². The van der Waals surface area contributed by atoms with Gasteiger partial charge >= 0.3 is 0 Å². The molecule has 0 radical (unpaired) electrons. The number of fused-ring (bicyclic) bond motifs is 2. The second kappa shape index (κ2) is 7.11. The van der Waals surface area contributed by atoms with Gasteiger partial charge in [0, 0.05) is 14.4 Å². The monoisotopic (exact) mass is 342 g/mol. The van der Waals surface area contributed by atoms with Crippen LogP contribution in [0.1, 0.15) is 83.3 Å². The molecule has 1 saturated heterocycles. The van der Waals surface area contributed by atoms with E-state index in [2.05, 4.69) is 34.5 Å². The van der Waals surface area contributed by atoms with Crippen LogP contribution in [0.25, 0.3) is 0 Å². The van der Waals surface area contributed by atoms with E-state index in [-0.39, 0.29) is 13.4 Å². The van der Waals surface area contributed by atoms with Crippen molar-refractivity contribution in [3.63, 3.8) is 0 Å². The first-order valence-corrected chi connectivity index (χ1v) is 10.3. The van der Waals surface area contributed by atoms with Crippen molar-refractivity contribution in [3.8, 4) is 0 Å². The van der Waals surface area contributed by atoms with Crippen LogP contribution in [0.4, 0.5) is 0 Å². The van der Waals surface area contributed by atoms with Crippen molar-refractivity contribution >= 4 is 5.91 Å². The summed E-state index contributed by atoms with van der Waals surface area (Å²) in [5, 5.41) is 3.17. The summed E-state index contributed by atoms with van der Waals surface area (Å²) in [6.45, 7) is 4.14. The fraction of sp³-hybridized carbons (Fsp3) is 0.682. The standard InChI is InChI=1S/C22H32N2O.H2/c1-17(25)23-21-11-12-22(20-10-6-5-9-19(20)21)13-15-24(16-14-22)18-7-3-2-4-8-18;/h5-6,9-10,18,21H,2-4,7-8,11-16H2,1H3,(H,23,25);1H/t21-;/m0./s1. The quantitative estimate of drug-likeness (QED) is 0.854. The summed E-state index contributed by atoms with van der Waals surface area (Å²) in [4.78, 5) is 14.4. The van der Waals surface area contributed by atoms with E-state index >= 15 is 0 Å². The molecule has 1 heterocycles. The number of rotatable bonds is 2. The van der Waals surface area contributed by atoms with Gasteiger partial charge in [0.1, 0.15) is 0 Å². The zero-order chi connectivity index (χ0) is 17.3. The molecule has 1 saturated carbocycles.